The van der Waals surface area contributed by atoms with Gasteiger partial charge in [0.05, 0.1) is 29.8 Å². The molecular formula is C16H13N7O2S. The number of amides is 1. The molecule has 9 nitrogen and oxygen atoms in total. The molecule has 0 bridgehead atoms. The molecule has 4 aromatic heterocycles. The first-order valence-corrected chi connectivity index (χ1v) is 8.80. The van der Waals surface area contributed by atoms with Gasteiger partial charge >= 0.3 is 6.09 Å². The van der Waals surface area contributed by atoms with E-state index in [9.17, 15) is 9.90 Å². The number of nitrogens with zero attached hydrogens (tertiary/aromatic N) is 5. The summed E-state index contributed by atoms with van der Waals surface area (Å²) >= 11 is 1.52. The van der Waals surface area contributed by atoms with Crippen molar-refractivity contribution in [2.45, 2.75) is 13.0 Å². The highest BCUT2D eigenvalue weighted by Crippen LogP contribution is 2.37. The molecule has 0 atom stereocenters. The van der Waals surface area contributed by atoms with Gasteiger partial charge in [0.25, 0.3) is 0 Å². The molecule has 4 aromatic rings. The summed E-state index contributed by atoms with van der Waals surface area (Å²) in [6, 6.07) is 1.90. The van der Waals surface area contributed by atoms with Gasteiger partial charge in [0.15, 0.2) is 0 Å². The second-order valence-corrected chi connectivity index (χ2v) is 7.10. The molecule has 0 fully saturated rings. The fourth-order valence-corrected chi connectivity index (χ4v) is 4.42. The zero-order valence-corrected chi connectivity index (χ0v) is 14.2. The van der Waals surface area contributed by atoms with Crippen molar-refractivity contribution in [1.82, 2.24) is 30.0 Å². The van der Waals surface area contributed by atoms with Gasteiger partial charge in [-0.05, 0) is 18.1 Å². The van der Waals surface area contributed by atoms with E-state index in [1.54, 1.807) is 12.4 Å². The first-order valence-electron chi connectivity index (χ1n) is 7.98. The monoisotopic (exact) mass is 367 g/mol. The molecule has 0 saturated carbocycles. The Labute approximate surface area is 150 Å². The van der Waals surface area contributed by atoms with Gasteiger partial charge in [-0.25, -0.2) is 19.7 Å². The Morgan fingerprint density at radius 2 is 2.23 bits per heavy atom. The summed E-state index contributed by atoms with van der Waals surface area (Å²) in [6.07, 6.45) is 4.73. The summed E-state index contributed by atoms with van der Waals surface area (Å²) in [6.45, 7) is 0.867. The molecule has 0 saturated heterocycles. The first kappa shape index (κ1) is 15.0. The third-order valence-corrected chi connectivity index (χ3v) is 5.60. The van der Waals surface area contributed by atoms with Crippen LogP contribution in [0.2, 0.25) is 0 Å². The molecule has 5 heterocycles. The van der Waals surface area contributed by atoms with Crippen molar-refractivity contribution in [2.24, 2.45) is 0 Å². The average Bonchev–Trinajstić information content (AvgIpc) is 3.25. The van der Waals surface area contributed by atoms with Crippen LogP contribution in [0.15, 0.2) is 24.8 Å². The molecule has 0 aromatic carbocycles. The van der Waals surface area contributed by atoms with Gasteiger partial charge in [0.2, 0.25) is 0 Å². The van der Waals surface area contributed by atoms with E-state index in [1.807, 2.05) is 6.07 Å². The molecule has 0 aliphatic carbocycles. The number of carbonyl (C=O) groups is 1. The van der Waals surface area contributed by atoms with E-state index in [4.69, 9.17) is 0 Å². The van der Waals surface area contributed by atoms with E-state index in [0.717, 1.165) is 31.6 Å². The zero-order chi connectivity index (χ0) is 17.7. The lowest BCUT2D eigenvalue weighted by Crippen LogP contribution is -2.34. The Morgan fingerprint density at radius 1 is 1.31 bits per heavy atom. The standard InChI is InChI=1S/C16H13N7O2S/c24-16(25)23-2-1-9-11(6-23)26-15-13(9)14(18-7-19-15)21-12-3-8-4-20-22-10(8)5-17-12/h3-5,7H,1-2,6H2,(H,20,22)(H,24,25)(H,17,18,19,21). The Morgan fingerprint density at radius 3 is 3.12 bits per heavy atom. The molecule has 5 rings (SSSR count). The third-order valence-electron chi connectivity index (χ3n) is 4.48. The summed E-state index contributed by atoms with van der Waals surface area (Å²) in [4.78, 5) is 27.7. The Kier molecular flexibility index (Phi) is 3.25. The average molecular weight is 367 g/mol. The maximum absolute atomic E-state index is 11.2. The molecule has 10 heteroatoms. The van der Waals surface area contributed by atoms with Crippen LogP contribution < -0.4 is 5.32 Å². The van der Waals surface area contributed by atoms with Crippen LogP contribution in [0.5, 0.6) is 0 Å². The highest BCUT2D eigenvalue weighted by atomic mass is 32.1. The second-order valence-electron chi connectivity index (χ2n) is 6.01. The van der Waals surface area contributed by atoms with Crippen LogP contribution in [0.25, 0.3) is 21.1 Å². The van der Waals surface area contributed by atoms with Gasteiger partial charge in [0.1, 0.15) is 22.8 Å². The molecule has 1 aliphatic heterocycles. The topological polar surface area (TPSA) is 120 Å². The summed E-state index contributed by atoms with van der Waals surface area (Å²) in [5.41, 5.74) is 1.99. The predicted octanol–water partition coefficient (Wildman–Crippen LogP) is 2.74. The lowest BCUT2D eigenvalue weighted by Gasteiger charge is -2.24. The molecule has 130 valence electrons. The minimum atomic E-state index is -0.893. The number of thiophene rings is 1. The maximum atomic E-state index is 11.2. The van der Waals surface area contributed by atoms with Crippen LogP contribution in [-0.2, 0) is 13.0 Å². The number of fused-ring (bicyclic) bond motifs is 4. The normalized spacial score (nSPS) is 13.9. The van der Waals surface area contributed by atoms with Crippen molar-refractivity contribution in [3.05, 3.63) is 35.2 Å². The number of rotatable bonds is 2. The fourth-order valence-electron chi connectivity index (χ4n) is 3.22. The number of H-pyrrole nitrogens is 1. The highest BCUT2D eigenvalue weighted by Gasteiger charge is 2.26. The number of hydrogen-bond acceptors (Lipinski definition) is 7. The van der Waals surface area contributed by atoms with Crippen LogP contribution in [0.3, 0.4) is 0 Å². The Bertz CT molecular complexity index is 1150. The summed E-state index contributed by atoms with van der Waals surface area (Å²) in [7, 11) is 0. The molecule has 3 N–H and O–H groups in total. The first-order chi connectivity index (χ1) is 12.7. The largest absolute Gasteiger partial charge is 0.465 e. The number of hydrogen-bond donors (Lipinski definition) is 3. The van der Waals surface area contributed by atoms with Crippen LogP contribution >= 0.6 is 11.3 Å². The smallest absolute Gasteiger partial charge is 0.407 e. The number of nitrogens with one attached hydrogen (secondary N) is 2. The van der Waals surface area contributed by atoms with Crippen molar-refractivity contribution in [3.63, 3.8) is 0 Å². The summed E-state index contributed by atoms with van der Waals surface area (Å²) in [5, 5.41) is 21.3. The number of aromatic nitrogens is 5. The lowest BCUT2D eigenvalue weighted by molar-refractivity contribution is 0.140. The Hall–Kier alpha value is -3.27. The zero-order valence-electron chi connectivity index (χ0n) is 13.4. The SMILES string of the molecule is O=C(O)N1CCc2c(sc3ncnc(Nc4cc5cn[nH]c5cn4)c23)C1. The van der Waals surface area contributed by atoms with Crippen LogP contribution in [0, 0.1) is 0 Å². The molecule has 0 spiro atoms. The van der Waals surface area contributed by atoms with Crippen molar-refractivity contribution in [1.29, 1.82) is 0 Å². The van der Waals surface area contributed by atoms with E-state index in [-0.39, 0.29) is 0 Å². The molecule has 1 amide bonds. The van der Waals surface area contributed by atoms with Gasteiger partial charge in [-0.15, -0.1) is 11.3 Å². The summed E-state index contributed by atoms with van der Waals surface area (Å²) in [5.74, 6) is 1.36. The van der Waals surface area contributed by atoms with E-state index in [1.165, 1.54) is 22.6 Å². The van der Waals surface area contributed by atoms with E-state index >= 15 is 0 Å². The Balaban J connectivity index is 1.57. The van der Waals surface area contributed by atoms with Gasteiger partial charge in [-0.1, -0.05) is 0 Å². The molecule has 1 aliphatic rings. The fraction of sp³-hybridized carbons (Fsp3) is 0.188. The lowest BCUT2D eigenvalue weighted by atomic mass is 10.1. The molecule has 0 radical (unpaired) electrons. The van der Waals surface area contributed by atoms with Crippen molar-refractivity contribution < 1.29 is 9.90 Å². The molecule has 26 heavy (non-hydrogen) atoms. The number of anilines is 2. The van der Waals surface area contributed by atoms with E-state index in [0.29, 0.717) is 31.1 Å². The molecule has 0 unspecified atom stereocenters. The minimum Gasteiger partial charge on any atom is -0.465 e. The van der Waals surface area contributed by atoms with Crippen LogP contribution in [0.1, 0.15) is 10.4 Å². The van der Waals surface area contributed by atoms with Gasteiger partial charge in [0, 0.05) is 16.8 Å². The van der Waals surface area contributed by atoms with Gasteiger partial charge < -0.3 is 15.3 Å². The number of pyridine rings is 1. The van der Waals surface area contributed by atoms with Crippen LogP contribution in [0.4, 0.5) is 16.4 Å². The van der Waals surface area contributed by atoms with Gasteiger partial charge in [-0.2, -0.15) is 5.10 Å². The summed E-state index contributed by atoms with van der Waals surface area (Å²) < 4.78 is 0. The second kappa shape index (κ2) is 5.63. The van der Waals surface area contributed by atoms with Crippen LogP contribution in [-0.4, -0.2) is 47.8 Å². The predicted molar refractivity (Wildman–Crippen MR) is 96.7 cm³/mol. The highest BCUT2D eigenvalue weighted by molar-refractivity contribution is 7.19. The quantitative estimate of drug-likeness (QED) is 0.498. The molecular weight excluding hydrogens is 354 g/mol. The third kappa shape index (κ3) is 2.34. The van der Waals surface area contributed by atoms with Crippen molar-refractivity contribution >= 4 is 50.2 Å². The number of carboxylic acid groups (broad SMARTS) is 1. The van der Waals surface area contributed by atoms with E-state index in [2.05, 4.69) is 30.5 Å². The van der Waals surface area contributed by atoms with Gasteiger partial charge in [-0.3, -0.25) is 5.10 Å². The number of aromatic amines is 1. The minimum absolute atomic E-state index is 0.393. The van der Waals surface area contributed by atoms with E-state index < -0.39 is 6.09 Å². The maximum Gasteiger partial charge on any atom is 0.407 e. The van der Waals surface area contributed by atoms with Crippen molar-refractivity contribution in [3.8, 4) is 0 Å². The van der Waals surface area contributed by atoms with Crippen molar-refractivity contribution in [2.75, 3.05) is 11.9 Å².